The zero-order chi connectivity index (χ0) is 12.5. The van der Waals surface area contributed by atoms with Gasteiger partial charge in [0.1, 0.15) is 0 Å². The molecule has 1 aliphatic heterocycles. The zero-order valence-electron chi connectivity index (χ0n) is 10.4. The first kappa shape index (κ1) is 13.8. The van der Waals surface area contributed by atoms with E-state index in [1.54, 1.807) is 4.31 Å². The van der Waals surface area contributed by atoms with E-state index in [-0.39, 0.29) is 5.25 Å². The summed E-state index contributed by atoms with van der Waals surface area (Å²) in [5.74, 6) is 0.419. The second kappa shape index (κ2) is 5.57. The number of rotatable bonds is 2. The number of sulfonamides is 1. The summed E-state index contributed by atoms with van der Waals surface area (Å²) in [5, 5.41) is -0.102. The molecule has 0 amide bonds. The maximum Gasteiger partial charge on any atom is 0.216 e. The Morgan fingerprint density at radius 2 is 1.76 bits per heavy atom. The highest BCUT2D eigenvalue weighted by Crippen LogP contribution is 2.30. The lowest BCUT2D eigenvalue weighted by molar-refractivity contribution is 0.285. The minimum atomic E-state index is -3.03. The molecule has 1 saturated carbocycles. The smallest absolute Gasteiger partial charge is 0.212 e. The fourth-order valence-corrected chi connectivity index (χ4v) is 5.41. The first-order valence-corrected chi connectivity index (χ1v) is 9.06. The van der Waals surface area contributed by atoms with Gasteiger partial charge in [0, 0.05) is 17.9 Å². The lowest BCUT2D eigenvalue weighted by Crippen LogP contribution is -2.47. The third kappa shape index (κ3) is 3.04. The molecule has 1 saturated heterocycles. The van der Waals surface area contributed by atoms with Gasteiger partial charge in [-0.05, 0) is 25.2 Å². The molecule has 0 bridgehead atoms. The number of halogens is 1. The molecule has 0 aromatic carbocycles. The molecule has 2 aliphatic rings. The van der Waals surface area contributed by atoms with Crippen LogP contribution >= 0.6 is 15.9 Å². The minimum absolute atomic E-state index is 0.102. The maximum atomic E-state index is 12.5. The van der Waals surface area contributed by atoms with E-state index in [4.69, 9.17) is 0 Å². The van der Waals surface area contributed by atoms with Crippen molar-refractivity contribution in [3.63, 3.8) is 0 Å². The summed E-state index contributed by atoms with van der Waals surface area (Å²) in [4.78, 5) is 0.473. The van der Waals surface area contributed by atoms with Crippen molar-refractivity contribution in [2.45, 2.75) is 55.5 Å². The average molecular weight is 324 g/mol. The van der Waals surface area contributed by atoms with Crippen molar-refractivity contribution in [2.75, 3.05) is 13.1 Å². The van der Waals surface area contributed by atoms with Crippen LogP contribution in [0.15, 0.2) is 0 Å². The van der Waals surface area contributed by atoms with Crippen LogP contribution in [0, 0.1) is 5.92 Å². The quantitative estimate of drug-likeness (QED) is 0.733. The van der Waals surface area contributed by atoms with E-state index < -0.39 is 10.0 Å². The lowest BCUT2D eigenvalue weighted by atomic mass is 10.0. The molecule has 2 rings (SSSR count). The number of hydrogen-bond acceptors (Lipinski definition) is 2. The van der Waals surface area contributed by atoms with Crippen molar-refractivity contribution in [3.05, 3.63) is 0 Å². The van der Waals surface area contributed by atoms with Gasteiger partial charge in [-0.2, -0.15) is 0 Å². The van der Waals surface area contributed by atoms with Gasteiger partial charge in [-0.3, -0.25) is 0 Å². The van der Waals surface area contributed by atoms with Crippen molar-refractivity contribution >= 4 is 26.0 Å². The van der Waals surface area contributed by atoms with E-state index in [1.807, 2.05) is 0 Å². The van der Waals surface area contributed by atoms with Crippen LogP contribution in [0.25, 0.3) is 0 Å². The van der Waals surface area contributed by atoms with Crippen LogP contribution in [0.4, 0.5) is 0 Å². The van der Waals surface area contributed by atoms with Crippen molar-refractivity contribution < 1.29 is 8.42 Å². The number of piperidine rings is 1. The average Bonchev–Trinajstić information content (AvgIpc) is 2.33. The van der Waals surface area contributed by atoms with Crippen molar-refractivity contribution in [1.29, 1.82) is 0 Å². The number of hydrogen-bond donors (Lipinski definition) is 0. The third-order valence-electron chi connectivity index (χ3n) is 4.10. The summed E-state index contributed by atoms with van der Waals surface area (Å²) in [5.41, 5.74) is 0. The Labute approximate surface area is 113 Å². The molecular formula is C12H22BrNO2S. The minimum Gasteiger partial charge on any atom is -0.212 e. The molecule has 3 nitrogen and oxygen atoms in total. The molecule has 5 heteroatoms. The highest BCUT2D eigenvalue weighted by Gasteiger charge is 2.36. The van der Waals surface area contributed by atoms with Crippen LogP contribution in [0.1, 0.15) is 45.4 Å². The van der Waals surface area contributed by atoms with Crippen LogP contribution in [0.3, 0.4) is 0 Å². The Bertz CT molecular complexity index is 352. The Morgan fingerprint density at radius 1 is 1.12 bits per heavy atom. The first-order valence-electron chi connectivity index (χ1n) is 6.65. The second-order valence-electron chi connectivity index (χ2n) is 5.44. The molecule has 2 unspecified atom stereocenters. The molecule has 0 aromatic rings. The SMILES string of the molecule is CC1CN(S(=O)(=O)C2CCCCC2)CCC1Br. The summed E-state index contributed by atoms with van der Waals surface area (Å²) < 4.78 is 26.7. The Hall–Kier alpha value is 0.390. The van der Waals surface area contributed by atoms with Crippen LogP contribution in [-0.4, -0.2) is 35.9 Å². The van der Waals surface area contributed by atoms with Crippen LogP contribution in [0.5, 0.6) is 0 Å². The van der Waals surface area contributed by atoms with E-state index in [0.29, 0.717) is 23.8 Å². The van der Waals surface area contributed by atoms with Gasteiger partial charge in [0.25, 0.3) is 0 Å². The van der Waals surface area contributed by atoms with Crippen molar-refractivity contribution in [2.24, 2.45) is 5.92 Å². The molecule has 2 atom stereocenters. The molecule has 0 spiro atoms. The molecule has 0 radical (unpaired) electrons. The maximum absolute atomic E-state index is 12.5. The monoisotopic (exact) mass is 323 g/mol. The Balaban J connectivity index is 2.04. The van der Waals surface area contributed by atoms with Crippen LogP contribution in [0.2, 0.25) is 0 Å². The van der Waals surface area contributed by atoms with Gasteiger partial charge in [-0.25, -0.2) is 12.7 Å². The third-order valence-corrected chi connectivity index (χ3v) is 7.82. The standard InChI is InChI=1S/C12H22BrNO2S/c1-10-9-14(8-7-12(10)13)17(15,16)11-5-3-2-4-6-11/h10-12H,2-9H2,1H3. The predicted molar refractivity (Wildman–Crippen MR) is 73.9 cm³/mol. The molecule has 1 aliphatic carbocycles. The predicted octanol–water partition coefficient (Wildman–Crippen LogP) is 2.75. The fourth-order valence-electron chi connectivity index (χ4n) is 2.88. The summed E-state index contributed by atoms with van der Waals surface area (Å²) in [7, 11) is -3.03. The summed E-state index contributed by atoms with van der Waals surface area (Å²) in [6.07, 6.45) is 6.03. The van der Waals surface area contributed by atoms with Gasteiger partial charge in [0.05, 0.1) is 5.25 Å². The van der Waals surface area contributed by atoms with Crippen LogP contribution in [-0.2, 0) is 10.0 Å². The molecule has 0 aromatic heterocycles. The summed E-state index contributed by atoms with van der Waals surface area (Å²) in [6.45, 7) is 3.51. The van der Waals surface area contributed by atoms with Gasteiger partial charge < -0.3 is 0 Å². The number of alkyl halides is 1. The first-order chi connectivity index (χ1) is 8.01. The largest absolute Gasteiger partial charge is 0.216 e. The molecule has 1 heterocycles. The van der Waals surface area contributed by atoms with E-state index in [1.165, 1.54) is 6.42 Å². The van der Waals surface area contributed by atoms with Crippen LogP contribution < -0.4 is 0 Å². The van der Waals surface area contributed by atoms with Gasteiger partial charge in [0.15, 0.2) is 0 Å². The summed E-state index contributed by atoms with van der Waals surface area (Å²) >= 11 is 3.62. The van der Waals surface area contributed by atoms with E-state index >= 15 is 0 Å². The zero-order valence-corrected chi connectivity index (χ0v) is 12.8. The number of nitrogens with zero attached hydrogens (tertiary/aromatic N) is 1. The van der Waals surface area contributed by atoms with Gasteiger partial charge in [0.2, 0.25) is 10.0 Å². The van der Waals surface area contributed by atoms with E-state index in [0.717, 1.165) is 32.1 Å². The van der Waals surface area contributed by atoms with E-state index in [9.17, 15) is 8.42 Å². The van der Waals surface area contributed by atoms with E-state index in [2.05, 4.69) is 22.9 Å². The molecule has 100 valence electrons. The fraction of sp³-hybridized carbons (Fsp3) is 1.00. The van der Waals surface area contributed by atoms with Gasteiger partial charge in [-0.15, -0.1) is 0 Å². The Morgan fingerprint density at radius 3 is 2.35 bits per heavy atom. The highest BCUT2D eigenvalue weighted by atomic mass is 79.9. The summed E-state index contributed by atoms with van der Waals surface area (Å²) in [6, 6.07) is 0. The highest BCUT2D eigenvalue weighted by molar-refractivity contribution is 9.09. The lowest BCUT2D eigenvalue weighted by Gasteiger charge is -2.36. The second-order valence-corrected chi connectivity index (χ2v) is 8.83. The molecule has 0 N–H and O–H groups in total. The van der Waals surface area contributed by atoms with Gasteiger partial charge >= 0.3 is 0 Å². The molecule has 2 fully saturated rings. The van der Waals surface area contributed by atoms with Crippen molar-refractivity contribution in [1.82, 2.24) is 4.31 Å². The Kier molecular flexibility index (Phi) is 4.53. The normalized spacial score (nSPS) is 33.8. The van der Waals surface area contributed by atoms with Crippen molar-refractivity contribution in [3.8, 4) is 0 Å². The topological polar surface area (TPSA) is 37.4 Å². The molecule has 17 heavy (non-hydrogen) atoms. The van der Waals surface area contributed by atoms with Gasteiger partial charge in [-0.1, -0.05) is 42.1 Å². The molecular weight excluding hydrogens is 302 g/mol.